The highest BCUT2D eigenvalue weighted by Gasteiger charge is 2.20. The smallest absolute Gasteiger partial charge is 0.234 e. The van der Waals surface area contributed by atoms with Crippen molar-refractivity contribution in [3.05, 3.63) is 64.7 Å². The number of hydrogen-bond donors (Lipinski definition) is 1. The van der Waals surface area contributed by atoms with E-state index in [1.165, 1.54) is 16.7 Å². The highest BCUT2D eigenvalue weighted by atomic mass is 16.5. The topological polar surface area (TPSA) is 44.8 Å². The molecule has 0 bridgehead atoms. The molecule has 4 rings (SSSR count). The molecule has 0 atom stereocenters. The Morgan fingerprint density at radius 3 is 2.50 bits per heavy atom. The molecule has 1 N–H and O–H groups in total. The van der Waals surface area contributed by atoms with E-state index in [0.29, 0.717) is 13.1 Å². The summed E-state index contributed by atoms with van der Waals surface area (Å²) >= 11 is 0. The molecule has 0 spiro atoms. The number of nitrogens with one attached hydrogen (secondary N) is 1. The number of nitrogens with zero attached hydrogens (tertiary/aromatic N) is 2. The number of carbonyl (C=O) groups excluding carboxylic acids is 1. The fourth-order valence-corrected chi connectivity index (χ4v) is 3.87. The molecule has 0 aromatic heterocycles. The molecule has 2 aromatic carbocycles. The van der Waals surface area contributed by atoms with Crippen LogP contribution in [0.15, 0.2) is 42.5 Å². The summed E-state index contributed by atoms with van der Waals surface area (Å²) in [4.78, 5) is 17.0. The van der Waals surface area contributed by atoms with Gasteiger partial charge < -0.3 is 10.1 Å². The first-order chi connectivity index (χ1) is 13.7. The Hall–Kier alpha value is -2.37. The number of ether oxygens (including phenoxy) is 1. The van der Waals surface area contributed by atoms with Crippen molar-refractivity contribution in [2.75, 3.05) is 39.3 Å². The molecule has 148 valence electrons. The molecule has 2 aliphatic rings. The van der Waals surface area contributed by atoms with Crippen LogP contribution in [0.4, 0.5) is 0 Å². The minimum absolute atomic E-state index is 0.104. The van der Waals surface area contributed by atoms with Crippen LogP contribution in [-0.4, -0.2) is 55.0 Å². The second kappa shape index (κ2) is 8.76. The Kier molecular flexibility index (Phi) is 5.93. The van der Waals surface area contributed by atoms with E-state index in [0.717, 1.165) is 57.1 Å². The molecule has 2 aliphatic heterocycles. The van der Waals surface area contributed by atoms with Crippen LogP contribution in [-0.2, 0) is 24.3 Å². The first-order valence-electron chi connectivity index (χ1n) is 10.2. The van der Waals surface area contributed by atoms with Crippen molar-refractivity contribution >= 4 is 5.91 Å². The number of carbonyl (C=O) groups is 1. The predicted octanol–water partition coefficient (Wildman–Crippen LogP) is 2.36. The van der Waals surface area contributed by atoms with Gasteiger partial charge in [0.1, 0.15) is 5.75 Å². The molecule has 0 unspecified atom stereocenters. The van der Waals surface area contributed by atoms with Crippen LogP contribution >= 0.6 is 0 Å². The van der Waals surface area contributed by atoms with Gasteiger partial charge in [0.25, 0.3) is 0 Å². The predicted molar refractivity (Wildman–Crippen MR) is 110 cm³/mol. The summed E-state index contributed by atoms with van der Waals surface area (Å²) in [5.74, 6) is 1.15. The number of hydrogen-bond acceptors (Lipinski definition) is 4. The van der Waals surface area contributed by atoms with Gasteiger partial charge in [0.2, 0.25) is 5.91 Å². The minimum atomic E-state index is 0.104. The largest absolute Gasteiger partial charge is 0.493 e. The Morgan fingerprint density at radius 1 is 1.00 bits per heavy atom. The Bertz CT molecular complexity index is 811. The maximum Gasteiger partial charge on any atom is 0.234 e. The fourth-order valence-electron chi connectivity index (χ4n) is 3.87. The van der Waals surface area contributed by atoms with Gasteiger partial charge in [-0.05, 0) is 29.7 Å². The molecule has 28 heavy (non-hydrogen) atoms. The lowest BCUT2D eigenvalue weighted by atomic mass is 10.1. The van der Waals surface area contributed by atoms with Crippen LogP contribution in [0.2, 0.25) is 0 Å². The molecule has 0 saturated carbocycles. The SMILES string of the molecule is Cc1ccc(CNC(=O)CN2CCN(Cc3ccc4c(c3)CCO4)CC2)cc1. The maximum atomic E-state index is 12.3. The van der Waals surface area contributed by atoms with Crippen LogP contribution < -0.4 is 10.1 Å². The third-order valence-corrected chi connectivity index (χ3v) is 5.60. The number of rotatable bonds is 6. The third-order valence-electron chi connectivity index (χ3n) is 5.60. The van der Waals surface area contributed by atoms with Gasteiger partial charge in [-0.1, -0.05) is 42.0 Å². The summed E-state index contributed by atoms with van der Waals surface area (Å²) < 4.78 is 5.59. The first-order valence-corrected chi connectivity index (χ1v) is 10.2. The summed E-state index contributed by atoms with van der Waals surface area (Å²) in [6.07, 6.45) is 1.02. The lowest BCUT2D eigenvalue weighted by Gasteiger charge is -2.34. The maximum absolute atomic E-state index is 12.3. The second-order valence-corrected chi connectivity index (χ2v) is 7.86. The van der Waals surface area contributed by atoms with E-state index in [-0.39, 0.29) is 5.91 Å². The molecule has 5 nitrogen and oxygen atoms in total. The summed E-state index contributed by atoms with van der Waals surface area (Å²) in [6.45, 7) is 8.80. The van der Waals surface area contributed by atoms with Crippen molar-refractivity contribution in [3.8, 4) is 5.75 Å². The number of fused-ring (bicyclic) bond motifs is 1. The van der Waals surface area contributed by atoms with Crippen LogP contribution in [0, 0.1) is 6.92 Å². The molecule has 1 saturated heterocycles. The van der Waals surface area contributed by atoms with Crippen molar-refractivity contribution in [2.24, 2.45) is 0 Å². The van der Waals surface area contributed by atoms with Gasteiger partial charge in [-0.2, -0.15) is 0 Å². The summed E-state index contributed by atoms with van der Waals surface area (Å²) in [7, 11) is 0. The third kappa shape index (κ3) is 4.91. The van der Waals surface area contributed by atoms with Gasteiger partial charge in [-0.3, -0.25) is 14.6 Å². The zero-order valence-electron chi connectivity index (χ0n) is 16.6. The summed E-state index contributed by atoms with van der Waals surface area (Å²) in [5, 5.41) is 3.03. The van der Waals surface area contributed by atoms with Gasteiger partial charge in [0, 0.05) is 45.7 Å². The second-order valence-electron chi connectivity index (χ2n) is 7.86. The number of piperazine rings is 1. The minimum Gasteiger partial charge on any atom is -0.493 e. The van der Waals surface area contributed by atoms with Crippen LogP contribution in [0.25, 0.3) is 0 Å². The fraction of sp³-hybridized carbons (Fsp3) is 0.435. The highest BCUT2D eigenvalue weighted by molar-refractivity contribution is 5.78. The summed E-state index contributed by atoms with van der Waals surface area (Å²) in [5.41, 5.74) is 5.07. The van der Waals surface area contributed by atoms with E-state index >= 15 is 0 Å². The molecule has 2 aromatic rings. The highest BCUT2D eigenvalue weighted by Crippen LogP contribution is 2.26. The number of amides is 1. The Balaban J connectivity index is 1.18. The number of benzene rings is 2. The molecule has 5 heteroatoms. The van der Waals surface area contributed by atoms with Gasteiger partial charge in [-0.25, -0.2) is 0 Å². The lowest BCUT2D eigenvalue weighted by molar-refractivity contribution is -0.122. The van der Waals surface area contributed by atoms with E-state index in [1.54, 1.807) is 0 Å². The molecular formula is C23H29N3O2. The normalized spacial score (nSPS) is 17.2. The van der Waals surface area contributed by atoms with Gasteiger partial charge in [0.15, 0.2) is 0 Å². The average Bonchev–Trinajstić information content (AvgIpc) is 3.17. The van der Waals surface area contributed by atoms with Gasteiger partial charge >= 0.3 is 0 Å². The molecular weight excluding hydrogens is 350 g/mol. The standard InChI is InChI=1S/C23H29N3O2/c1-18-2-4-19(5-3-18)15-24-23(27)17-26-11-9-25(10-12-26)16-20-6-7-22-21(14-20)8-13-28-22/h2-7,14H,8-13,15-17H2,1H3,(H,24,27). The quantitative estimate of drug-likeness (QED) is 0.837. The van der Waals surface area contributed by atoms with E-state index in [2.05, 4.69) is 64.5 Å². The van der Waals surface area contributed by atoms with Crippen molar-refractivity contribution in [1.82, 2.24) is 15.1 Å². The molecule has 1 amide bonds. The van der Waals surface area contributed by atoms with Crippen molar-refractivity contribution in [2.45, 2.75) is 26.4 Å². The molecule has 1 fully saturated rings. The van der Waals surface area contributed by atoms with E-state index in [9.17, 15) is 4.79 Å². The summed E-state index contributed by atoms with van der Waals surface area (Å²) in [6, 6.07) is 14.9. The van der Waals surface area contributed by atoms with Crippen molar-refractivity contribution in [3.63, 3.8) is 0 Å². The zero-order chi connectivity index (χ0) is 19.3. The van der Waals surface area contributed by atoms with Crippen molar-refractivity contribution < 1.29 is 9.53 Å². The van der Waals surface area contributed by atoms with Crippen molar-refractivity contribution in [1.29, 1.82) is 0 Å². The van der Waals surface area contributed by atoms with Gasteiger partial charge in [-0.15, -0.1) is 0 Å². The van der Waals surface area contributed by atoms with Crippen LogP contribution in [0.1, 0.15) is 22.3 Å². The van der Waals surface area contributed by atoms with E-state index in [4.69, 9.17) is 4.74 Å². The molecule has 0 aliphatic carbocycles. The van der Waals surface area contributed by atoms with Crippen LogP contribution in [0.5, 0.6) is 5.75 Å². The lowest BCUT2D eigenvalue weighted by Crippen LogP contribution is -2.49. The Morgan fingerprint density at radius 2 is 1.71 bits per heavy atom. The van der Waals surface area contributed by atoms with Gasteiger partial charge in [0.05, 0.1) is 13.2 Å². The zero-order valence-corrected chi connectivity index (χ0v) is 16.6. The van der Waals surface area contributed by atoms with Crippen LogP contribution in [0.3, 0.4) is 0 Å². The Labute approximate surface area is 167 Å². The number of aryl methyl sites for hydroxylation is 1. The van der Waals surface area contributed by atoms with E-state index in [1.807, 2.05) is 0 Å². The molecule has 0 radical (unpaired) electrons. The van der Waals surface area contributed by atoms with E-state index < -0.39 is 0 Å². The molecule has 2 heterocycles. The average molecular weight is 380 g/mol. The monoisotopic (exact) mass is 379 g/mol. The first kappa shape index (κ1) is 19.0.